The van der Waals surface area contributed by atoms with Gasteiger partial charge in [0.2, 0.25) is 6.41 Å². The Labute approximate surface area is 157 Å². The molecule has 2 amide bonds. The molecule has 1 N–H and O–H groups in total. The zero-order valence-corrected chi connectivity index (χ0v) is 15.3. The Hall–Kier alpha value is -3.29. The fourth-order valence-corrected chi connectivity index (χ4v) is 2.90. The number of piperazine rings is 1. The summed E-state index contributed by atoms with van der Waals surface area (Å²) >= 11 is 0. The van der Waals surface area contributed by atoms with Crippen LogP contribution in [0.2, 0.25) is 0 Å². The van der Waals surface area contributed by atoms with Crippen molar-refractivity contribution in [3.05, 3.63) is 42.1 Å². The fourth-order valence-electron chi connectivity index (χ4n) is 2.90. The zero-order chi connectivity index (χ0) is 19.2. The summed E-state index contributed by atoms with van der Waals surface area (Å²) in [6.07, 6.45) is 2.60. The number of anilines is 2. The van der Waals surface area contributed by atoms with E-state index in [1.165, 1.54) is 7.11 Å². The topological polar surface area (TPSA) is 84.0 Å². The maximum Gasteiger partial charge on any atom is 0.256 e. The highest BCUT2D eigenvalue weighted by atomic mass is 16.5. The number of aromatic nitrogens is 1. The summed E-state index contributed by atoms with van der Waals surface area (Å²) in [7, 11) is 3.07. The Morgan fingerprint density at radius 3 is 2.41 bits per heavy atom. The van der Waals surface area contributed by atoms with E-state index >= 15 is 0 Å². The van der Waals surface area contributed by atoms with Crippen LogP contribution in [0.15, 0.2) is 36.5 Å². The molecule has 2 aromatic rings. The van der Waals surface area contributed by atoms with Gasteiger partial charge in [-0.25, -0.2) is 4.98 Å². The predicted octanol–water partition coefficient (Wildman–Crippen LogP) is 1.63. The standard InChI is InChI=1S/C19H22N4O4/c1-26-16-5-3-14(11-17(16)27-2)19(25)21-18-6-4-15(12-20-18)23-9-7-22(13-24)8-10-23/h3-6,11-13H,7-10H2,1-2H3,(H,20,21,25). The molecule has 27 heavy (non-hydrogen) atoms. The monoisotopic (exact) mass is 370 g/mol. The minimum atomic E-state index is -0.282. The molecule has 142 valence electrons. The highest BCUT2D eigenvalue weighted by molar-refractivity contribution is 6.04. The van der Waals surface area contributed by atoms with Crippen molar-refractivity contribution in [2.75, 3.05) is 50.6 Å². The molecule has 0 saturated carbocycles. The van der Waals surface area contributed by atoms with E-state index < -0.39 is 0 Å². The number of hydrogen-bond donors (Lipinski definition) is 1. The van der Waals surface area contributed by atoms with Crippen LogP contribution in [0.1, 0.15) is 10.4 Å². The Morgan fingerprint density at radius 1 is 1.07 bits per heavy atom. The summed E-state index contributed by atoms with van der Waals surface area (Å²) in [6, 6.07) is 8.64. The first-order valence-electron chi connectivity index (χ1n) is 8.58. The maximum absolute atomic E-state index is 12.4. The van der Waals surface area contributed by atoms with E-state index in [2.05, 4.69) is 15.2 Å². The second kappa shape index (κ2) is 8.39. The molecule has 3 rings (SSSR count). The van der Waals surface area contributed by atoms with Crippen LogP contribution < -0.4 is 19.7 Å². The molecule has 1 aliphatic rings. The normalized spacial score (nSPS) is 13.9. The van der Waals surface area contributed by atoms with Crippen LogP contribution in [0.5, 0.6) is 11.5 Å². The largest absolute Gasteiger partial charge is 0.493 e. The molecule has 0 unspecified atom stereocenters. The number of benzene rings is 1. The van der Waals surface area contributed by atoms with Gasteiger partial charge < -0.3 is 24.6 Å². The van der Waals surface area contributed by atoms with Crippen LogP contribution in [0.3, 0.4) is 0 Å². The van der Waals surface area contributed by atoms with Crippen molar-refractivity contribution in [2.45, 2.75) is 0 Å². The number of ether oxygens (including phenoxy) is 2. The van der Waals surface area contributed by atoms with Gasteiger partial charge in [0.1, 0.15) is 5.82 Å². The number of nitrogens with zero attached hydrogens (tertiary/aromatic N) is 3. The van der Waals surface area contributed by atoms with Crippen LogP contribution in [0.4, 0.5) is 11.5 Å². The van der Waals surface area contributed by atoms with Gasteiger partial charge in [-0.2, -0.15) is 0 Å². The van der Waals surface area contributed by atoms with Crippen molar-refractivity contribution in [1.29, 1.82) is 0 Å². The fraction of sp³-hybridized carbons (Fsp3) is 0.316. The number of methoxy groups -OCH3 is 2. The second-order valence-corrected chi connectivity index (χ2v) is 6.05. The van der Waals surface area contributed by atoms with Gasteiger partial charge in [-0.15, -0.1) is 0 Å². The third-order valence-corrected chi connectivity index (χ3v) is 4.46. The number of nitrogens with one attached hydrogen (secondary N) is 1. The molecule has 8 nitrogen and oxygen atoms in total. The predicted molar refractivity (Wildman–Crippen MR) is 102 cm³/mol. The average Bonchev–Trinajstić information content (AvgIpc) is 2.73. The van der Waals surface area contributed by atoms with Crippen LogP contribution in [-0.4, -0.2) is 62.6 Å². The van der Waals surface area contributed by atoms with Gasteiger partial charge in [0.05, 0.1) is 26.1 Å². The van der Waals surface area contributed by atoms with Crippen molar-refractivity contribution >= 4 is 23.8 Å². The lowest BCUT2D eigenvalue weighted by Crippen LogP contribution is -2.45. The average molecular weight is 370 g/mol. The van der Waals surface area contributed by atoms with Gasteiger partial charge in [0.25, 0.3) is 5.91 Å². The van der Waals surface area contributed by atoms with Gasteiger partial charge in [-0.05, 0) is 30.3 Å². The summed E-state index contributed by atoms with van der Waals surface area (Å²) in [5.74, 6) is 1.23. The van der Waals surface area contributed by atoms with Gasteiger partial charge in [-0.3, -0.25) is 9.59 Å². The molecule has 0 atom stereocenters. The first kappa shape index (κ1) is 18.5. The SMILES string of the molecule is COc1ccc(C(=O)Nc2ccc(N3CCN(C=O)CC3)cn2)cc1OC. The lowest BCUT2D eigenvalue weighted by molar-refractivity contribution is -0.118. The van der Waals surface area contributed by atoms with Crippen LogP contribution in [0, 0.1) is 0 Å². The Balaban J connectivity index is 1.64. The number of rotatable bonds is 6. The highest BCUT2D eigenvalue weighted by Gasteiger charge is 2.16. The van der Waals surface area contributed by atoms with Gasteiger partial charge in [-0.1, -0.05) is 0 Å². The Kier molecular flexibility index (Phi) is 5.75. The van der Waals surface area contributed by atoms with Crippen LogP contribution >= 0.6 is 0 Å². The maximum atomic E-state index is 12.4. The quantitative estimate of drug-likeness (QED) is 0.778. The van der Waals surface area contributed by atoms with E-state index in [0.29, 0.717) is 36.0 Å². The van der Waals surface area contributed by atoms with Gasteiger partial charge in [0.15, 0.2) is 11.5 Å². The molecule has 0 spiro atoms. The summed E-state index contributed by atoms with van der Waals surface area (Å²) in [6.45, 7) is 2.91. The summed E-state index contributed by atoms with van der Waals surface area (Å²) in [5.41, 5.74) is 1.41. The molecular formula is C19H22N4O4. The molecule has 0 bridgehead atoms. The molecule has 0 radical (unpaired) electrons. The minimum absolute atomic E-state index is 0.282. The van der Waals surface area contributed by atoms with Crippen molar-refractivity contribution < 1.29 is 19.1 Å². The third-order valence-electron chi connectivity index (χ3n) is 4.46. The third kappa shape index (κ3) is 4.28. The Bertz CT molecular complexity index is 802. The van der Waals surface area contributed by atoms with Crippen molar-refractivity contribution in [3.8, 4) is 11.5 Å². The van der Waals surface area contributed by atoms with Crippen LogP contribution in [0.25, 0.3) is 0 Å². The molecule has 8 heteroatoms. The zero-order valence-electron chi connectivity index (χ0n) is 15.3. The number of carbonyl (C=O) groups excluding carboxylic acids is 2. The first-order chi connectivity index (χ1) is 13.1. The number of carbonyl (C=O) groups is 2. The van der Waals surface area contributed by atoms with Gasteiger partial charge in [0, 0.05) is 31.7 Å². The minimum Gasteiger partial charge on any atom is -0.493 e. The highest BCUT2D eigenvalue weighted by Crippen LogP contribution is 2.28. The van der Waals surface area contributed by atoms with Crippen molar-refractivity contribution in [3.63, 3.8) is 0 Å². The lowest BCUT2D eigenvalue weighted by atomic mass is 10.2. The summed E-state index contributed by atoms with van der Waals surface area (Å²) < 4.78 is 10.4. The van der Waals surface area contributed by atoms with E-state index in [1.54, 1.807) is 42.5 Å². The second-order valence-electron chi connectivity index (χ2n) is 6.05. The van der Waals surface area contributed by atoms with Crippen molar-refractivity contribution in [2.24, 2.45) is 0 Å². The van der Waals surface area contributed by atoms with E-state index in [-0.39, 0.29) is 5.91 Å². The Morgan fingerprint density at radius 2 is 1.81 bits per heavy atom. The first-order valence-corrected chi connectivity index (χ1v) is 8.58. The van der Waals surface area contributed by atoms with Crippen molar-refractivity contribution in [1.82, 2.24) is 9.88 Å². The number of pyridine rings is 1. The lowest BCUT2D eigenvalue weighted by Gasteiger charge is -2.33. The summed E-state index contributed by atoms with van der Waals surface area (Å²) in [5, 5.41) is 2.77. The van der Waals surface area contributed by atoms with E-state index in [1.807, 2.05) is 6.07 Å². The molecule has 1 aromatic carbocycles. The van der Waals surface area contributed by atoms with Crippen LogP contribution in [-0.2, 0) is 4.79 Å². The number of hydrogen-bond acceptors (Lipinski definition) is 6. The molecule has 1 saturated heterocycles. The van der Waals surface area contributed by atoms with E-state index in [9.17, 15) is 9.59 Å². The van der Waals surface area contributed by atoms with E-state index in [4.69, 9.17) is 9.47 Å². The smallest absolute Gasteiger partial charge is 0.256 e. The molecule has 1 fully saturated rings. The summed E-state index contributed by atoms with van der Waals surface area (Å²) in [4.78, 5) is 31.5. The molecule has 1 aromatic heterocycles. The van der Waals surface area contributed by atoms with E-state index in [0.717, 1.165) is 25.2 Å². The molecule has 1 aliphatic heterocycles. The molecule has 2 heterocycles. The molecular weight excluding hydrogens is 348 g/mol. The molecule has 0 aliphatic carbocycles. The number of amides is 2. The van der Waals surface area contributed by atoms with Gasteiger partial charge >= 0.3 is 0 Å².